The molecule has 2 amide bonds. The smallest absolute Gasteiger partial charge is 0.420 e. The fourth-order valence-corrected chi connectivity index (χ4v) is 4.50. The number of carbonyl (C=O) groups is 2. The number of alkyl halides is 6. The van der Waals surface area contributed by atoms with Crippen LogP contribution in [0.4, 0.5) is 37.7 Å². The van der Waals surface area contributed by atoms with Crippen LogP contribution >= 0.6 is 25.3 Å². The van der Waals surface area contributed by atoms with E-state index in [1.807, 2.05) is 7.11 Å². The second kappa shape index (κ2) is 16.8. The highest BCUT2D eigenvalue weighted by atomic mass is 32.1. The Balaban J connectivity index is 0.00000101. The van der Waals surface area contributed by atoms with Crippen LogP contribution in [0.25, 0.3) is 0 Å². The number of carbonyl (C=O) groups excluding carboxylic acids is 2. The summed E-state index contributed by atoms with van der Waals surface area (Å²) in [4.78, 5) is 27.5. The molecule has 43 heavy (non-hydrogen) atoms. The number of para-hydroxylation sites is 2. The Hall–Kier alpha value is -2.16. The van der Waals surface area contributed by atoms with E-state index in [-0.39, 0.29) is 35.7 Å². The first-order valence-electron chi connectivity index (χ1n) is 13.6. The Labute approximate surface area is 261 Å². The first-order chi connectivity index (χ1) is 19.9. The van der Waals surface area contributed by atoms with E-state index in [0.29, 0.717) is 9.80 Å². The second-order valence-electron chi connectivity index (χ2n) is 10.4. The van der Waals surface area contributed by atoms with E-state index in [0.717, 1.165) is 5.54 Å². The highest BCUT2D eigenvalue weighted by Crippen LogP contribution is 2.53. The lowest BCUT2D eigenvalue weighted by molar-refractivity contribution is -0.310. The molecule has 0 fully saturated rings. The molecular formula is C29H40F6N2O3S2Si. The monoisotopic (exact) mass is 670 g/mol. The number of hydrogen-bond donors (Lipinski definition) is 2. The van der Waals surface area contributed by atoms with Crippen molar-refractivity contribution in [2.75, 3.05) is 41.5 Å². The fraction of sp³-hybridized carbons (Fsp3) is 0.517. The molecule has 0 heterocycles. The molecule has 0 N–H and O–H groups in total. The van der Waals surface area contributed by atoms with Crippen molar-refractivity contribution in [2.24, 2.45) is 5.41 Å². The number of rotatable bonds is 12. The second-order valence-corrected chi connectivity index (χ2v) is 16.1. The van der Waals surface area contributed by atoms with E-state index in [9.17, 15) is 35.9 Å². The predicted molar refractivity (Wildman–Crippen MR) is 169 cm³/mol. The lowest BCUT2D eigenvalue weighted by Crippen LogP contribution is -2.68. The topological polar surface area (TPSA) is 49.9 Å². The molecule has 0 bridgehead atoms. The Kier molecular flexibility index (Phi) is 15.2. The molecule has 2 rings (SSSR count). The van der Waals surface area contributed by atoms with Crippen LogP contribution < -0.4 is 9.80 Å². The van der Waals surface area contributed by atoms with Gasteiger partial charge in [-0.2, -0.15) is 51.6 Å². The summed E-state index contributed by atoms with van der Waals surface area (Å²) in [5, 5.41) is 0. The van der Waals surface area contributed by atoms with Crippen LogP contribution in [-0.4, -0.2) is 64.2 Å². The van der Waals surface area contributed by atoms with E-state index >= 15 is 0 Å². The summed E-state index contributed by atoms with van der Waals surface area (Å²) in [6, 6.07) is 13.3. The third-order valence-electron chi connectivity index (χ3n) is 7.11. The summed E-state index contributed by atoms with van der Waals surface area (Å²) >= 11 is 7.91. The Morgan fingerprint density at radius 3 is 1.28 bits per heavy atom. The molecule has 2 aromatic rings. The lowest BCUT2D eigenvalue weighted by atomic mass is 9.81. The summed E-state index contributed by atoms with van der Waals surface area (Å²) in [5.74, 6) is -4.65. The molecule has 2 aromatic carbocycles. The van der Waals surface area contributed by atoms with Gasteiger partial charge in [0.1, 0.15) is 0 Å². The van der Waals surface area contributed by atoms with Crippen LogP contribution in [0.2, 0.25) is 18.6 Å². The number of halogens is 6. The molecule has 0 saturated carbocycles. The molecule has 0 aliphatic carbocycles. The zero-order valence-corrected chi connectivity index (χ0v) is 27.7. The maximum Gasteiger partial charge on any atom is 0.421 e. The fourth-order valence-electron chi connectivity index (χ4n) is 3.75. The average molecular weight is 671 g/mol. The molecule has 5 nitrogen and oxygen atoms in total. The van der Waals surface area contributed by atoms with Crippen molar-refractivity contribution in [3.05, 3.63) is 60.7 Å². The van der Waals surface area contributed by atoms with Gasteiger partial charge in [0.15, 0.2) is 8.32 Å². The molecule has 242 valence electrons. The number of amides is 2. The SMILES string of the molecule is CO[Si](C)(C)C(C)C.O=C(N(CCCS)c1ccccc1)C(C(=O)N(CCCS)c1ccccc1)(C(F)(F)F)C(F)(F)F. The van der Waals surface area contributed by atoms with E-state index < -0.39 is 51.0 Å². The Morgan fingerprint density at radius 1 is 0.744 bits per heavy atom. The van der Waals surface area contributed by atoms with Gasteiger partial charge in [0.25, 0.3) is 11.8 Å². The first kappa shape index (κ1) is 38.9. The van der Waals surface area contributed by atoms with Crippen LogP contribution in [0.1, 0.15) is 26.7 Å². The summed E-state index contributed by atoms with van der Waals surface area (Å²) < 4.78 is 92.5. The van der Waals surface area contributed by atoms with Gasteiger partial charge in [-0.15, -0.1) is 0 Å². The van der Waals surface area contributed by atoms with Crippen LogP contribution in [0.15, 0.2) is 60.7 Å². The van der Waals surface area contributed by atoms with Gasteiger partial charge in [0.05, 0.1) is 0 Å². The van der Waals surface area contributed by atoms with E-state index in [1.54, 1.807) is 0 Å². The molecule has 0 unspecified atom stereocenters. The van der Waals surface area contributed by atoms with Gasteiger partial charge in [-0.1, -0.05) is 50.2 Å². The molecular weight excluding hydrogens is 631 g/mol. The zero-order chi connectivity index (χ0) is 33.1. The summed E-state index contributed by atoms with van der Waals surface area (Å²) in [6.45, 7) is 7.89. The Morgan fingerprint density at radius 2 is 1.07 bits per heavy atom. The molecule has 0 aliphatic rings. The number of nitrogens with zero attached hydrogens (tertiary/aromatic N) is 2. The largest absolute Gasteiger partial charge is 0.421 e. The third-order valence-corrected chi connectivity index (χ3v) is 11.6. The van der Waals surface area contributed by atoms with Crippen molar-refractivity contribution in [3.8, 4) is 0 Å². The normalized spacial score (nSPS) is 12.4. The van der Waals surface area contributed by atoms with Crippen LogP contribution in [0, 0.1) is 5.41 Å². The van der Waals surface area contributed by atoms with E-state index in [4.69, 9.17) is 4.43 Å². The summed E-state index contributed by atoms with van der Waals surface area (Å²) in [5.41, 5.74) is -5.01. The third kappa shape index (κ3) is 9.66. The minimum Gasteiger partial charge on any atom is -0.420 e. The Bertz CT molecular complexity index is 1060. The van der Waals surface area contributed by atoms with Crippen molar-refractivity contribution in [2.45, 2.75) is 57.7 Å². The van der Waals surface area contributed by atoms with E-state index in [1.165, 1.54) is 60.7 Å². The molecule has 0 saturated heterocycles. The maximum absolute atomic E-state index is 14.5. The highest BCUT2D eigenvalue weighted by molar-refractivity contribution is 7.80. The molecule has 0 radical (unpaired) electrons. The highest BCUT2D eigenvalue weighted by Gasteiger charge is 2.81. The molecule has 0 aromatic heterocycles. The lowest BCUT2D eigenvalue weighted by Gasteiger charge is -2.41. The summed E-state index contributed by atoms with van der Waals surface area (Å²) in [7, 11) is 0.557. The number of thiol groups is 2. The predicted octanol–water partition coefficient (Wildman–Crippen LogP) is 8.05. The first-order valence-corrected chi connectivity index (χ1v) is 17.8. The minimum absolute atomic E-state index is 0.00815. The van der Waals surface area contributed by atoms with Gasteiger partial charge < -0.3 is 14.2 Å². The van der Waals surface area contributed by atoms with Gasteiger partial charge in [-0.25, -0.2) is 0 Å². The van der Waals surface area contributed by atoms with Crippen LogP contribution in [0.5, 0.6) is 0 Å². The van der Waals surface area contributed by atoms with Crippen molar-refractivity contribution in [1.29, 1.82) is 0 Å². The average Bonchev–Trinajstić information content (AvgIpc) is 2.93. The summed E-state index contributed by atoms with van der Waals surface area (Å²) in [6.07, 6.45) is -12.6. The van der Waals surface area contributed by atoms with E-state index in [2.05, 4.69) is 52.2 Å². The zero-order valence-electron chi connectivity index (χ0n) is 24.9. The minimum atomic E-state index is -6.29. The van der Waals surface area contributed by atoms with Gasteiger partial charge in [0.2, 0.25) is 0 Å². The standard InChI is InChI=1S/C23H24F6N2O2S2.C6H16OSi/c24-22(25,26)21(23(27,28)29,19(32)30(13-7-15-34)17-9-3-1-4-10-17)20(33)31(14-8-16-35)18-11-5-2-6-12-18;1-6(2)8(4,5)7-3/h1-6,9-12,34-35H,7-8,13-16H2;6H,1-5H3. The molecule has 0 spiro atoms. The van der Waals surface area contributed by atoms with Crippen molar-refractivity contribution >= 4 is 56.8 Å². The maximum atomic E-state index is 14.5. The molecule has 0 aliphatic heterocycles. The molecule has 14 heteroatoms. The van der Waals surface area contributed by atoms with Gasteiger partial charge in [-0.05, 0) is 67.2 Å². The van der Waals surface area contributed by atoms with Crippen molar-refractivity contribution < 1.29 is 40.4 Å². The number of hydrogen-bond acceptors (Lipinski definition) is 5. The van der Waals surface area contributed by atoms with Crippen LogP contribution in [-0.2, 0) is 14.0 Å². The van der Waals surface area contributed by atoms with Gasteiger partial charge in [-0.3, -0.25) is 9.59 Å². The quantitative estimate of drug-likeness (QED) is 0.104. The molecule has 0 atom stereocenters. The van der Waals surface area contributed by atoms with Crippen LogP contribution in [0.3, 0.4) is 0 Å². The van der Waals surface area contributed by atoms with Gasteiger partial charge >= 0.3 is 17.8 Å². The number of benzene rings is 2. The van der Waals surface area contributed by atoms with Crippen molar-refractivity contribution in [3.63, 3.8) is 0 Å². The van der Waals surface area contributed by atoms with Gasteiger partial charge in [0, 0.05) is 31.6 Å². The number of anilines is 2. The van der Waals surface area contributed by atoms with Crippen molar-refractivity contribution in [1.82, 2.24) is 0 Å².